The maximum Gasteiger partial charge on any atom is 0.210 e. The summed E-state index contributed by atoms with van der Waals surface area (Å²) in [6.07, 6.45) is 7.20. The molecule has 2 aliphatic rings. The standard InChI is InChI=1S/C17H23N5OS/c1-11-9-15(12(2)21(11)13-7-8-13)16(23)10-24-17-18-19-20-22(17)14-5-3-4-6-14/h9,13-14H,3-8,10H2,1-2H3. The number of Topliss-reactive ketones (excluding diaryl/α,β-unsaturated/α-hetero) is 1. The summed E-state index contributed by atoms with van der Waals surface area (Å²) in [6.45, 7) is 4.15. The van der Waals surface area contributed by atoms with Gasteiger partial charge in [0.25, 0.3) is 0 Å². The summed E-state index contributed by atoms with van der Waals surface area (Å²) in [5.41, 5.74) is 3.15. The van der Waals surface area contributed by atoms with Gasteiger partial charge in [0.15, 0.2) is 5.78 Å². The predicted octanol–water partition coefficient (Wildman–Crippen LogP) is 3.52. The molecule has 2 heterocycles. The lowest BCUT2D eigenvalue weighted by atomic mass is 10.2. The number of rotatable bonds is 6. The first kappa shape index (κ1) is 15.9. The zero-order valence-electron chi connectivity index (χ0n) is 14.2. The van der Waals surface area contributed by atoms with Crippen molar-refractivity contribution in [2.24, 2.45) is 0 Å². The lowest BCUT2D eigenvalue weighted by Crippen LogP contribution is -2.10. The molecule has 0 saturated heterocycles. The highest BCUT2D eigenvalue weighted by Crippen LogP contribution is 2.38. The molecule has 0 aliphatic heterocycles. The van der Waals surface area contributed by atoms with E-state index in [-0.39, 0.29) is 5.78 Å². The summed E-state index contributed by atoms with van der Waals surface area (Å²) in [6, 6.07) is 3.04. The molecule has 4 rings (SSSR count). The van der Waals surface area contributed by atoms with Gasteiger partial charge in [-0.2, -0.15) is 0 Å². The first-order chi connectivity index (χ1) is 11.6. The first-order valence-electron chi connectivity index (χ1n) is 8.77. The van der Waals surface area contributed by atoms with Crippen molar-refractivity contribution in [3.63, 3.8) is 0 Å². The minimum absolute atomic E-state index is 0.168. The highest BCUT2D eigenvalue weighted by molar-refractivity contribution is 7.99. The van der Waals surface area contributed by atoms with Gasteiger partial charge >= 0.3 is 0 Å². The lowest BCUT2D eigenvalue weighted by molar-refractivity contribution is 0.102. The Hall–Kier alpha value is -1.63. The van der Waals surface area contributed by atoms with Crippen molar-refractivity contribution in [1.82, 2.24) is 24.8 Å². The van der Waals surface area contributed by atoms with Crippen molar-refractivity contribution in [3.05, 3.63) is 23.0 Å². The number of carbonyl (C=O) groups is 1. The van der Waals surface area contributed by atoms with Crippen molar-refractivity contribution in [2.45, 2.75) is 69.6 Å². The van der Waals surface area contributed by atoms with Crippen molar-refractivity contribution >= 4 is 17.5 Å². The molecular formula is C17H23N5OS. The molecule has 0 spiro atoms. The molecule has 2 aliphatic carbocycles. The highest BCUT2D eigenvalue weighted by atomic mass is 32.2. The molecule has 2 saturated carbocycles. The Morgan fingerprint density at radius 2 is 1.96 bits per heavy atom. The molecule has 0 amide bonds. The van der Waals surface area contributed by atoms with E-state index < -0.39 is 0 Å². The van der Waals surface area contributed by atoms with Crippen LogP contribution in [-0.4, -0.2) is 36.3 Å². The minimum Gasteiger partial charge on any atom is -0.345 e. The van der Waals surface area contributed by atoms with E-state index >= 15 is 0 Å². The summed E-state index contributed by atoms with van der Waals surface area (Å²) in [7, 11) is 0. The molecular weight excluding hydrogens is 322 g/mol. The summed E-state index contributed by atoms with van der Waals surface area (Å²) >= 11 is 1.46. The number of hydrogen-bond donors (Lipinski definition) is 0. The molecule has 0 radical (unpaired) electrons. The van der Waals surface area contributed by atoms with Crippen LogP contribution >= 0.6 is 11.8 Å². The number of nitrogens with zero attached hydrogens (tertiary/aromatic N) is 5. The van der Waals surface area contributed by atoms with E-state index in [1.807, 2.05) is 10.7 Å². The minimum atomic E-state index is 0.168. The smallest absolute Gasteiger partial charge is 0.210 e. The molecule has 24 heavy (non-hydrogen) atoms. The number of hydrogen-bond acceptors (Lipinski definition) is 5. The average molecular weight is 345 g/mol. The molecule has 2 aromatic heterocycles. The van der Waals surface area contributed by atoms with Gasteiger partial charge in [-0.25, -0.2) is 4.68 Å². The summed E-state index contributed by atoms with van der Waals surface area (Å²) < 4.78 is 4.24. The molecule has 0 aromatic carbocycles. The third kappa shape index (κ3) is 2.90. The van der Waals surface area contributed by atoms with Gasteiger partial charge in [0.2, 0.25) is 5.16 Å². The van der Waals surface area contributed by atoms with Crippen molar-refractivity contribution in [3.8, 4) is 0 Å². The second-order valence-corrected chi connectivity index (χ2v) is 7.88. The SMILES string of the molecule is Cc1cc(C(=O)CSc2nnnn2C2CCCC2)c(C)n1C1CC1. The molecule has 0 N–H and O–H groups in total. The van der Waals surface area contributed by atoms with Gasteiger partial charge in [-0.05, 0) is 56.0 Å². The Kier molecular flexibility index (Phi) is 4.20. The fraction of sp³-hybridized carbons (Fsp3) is 0.647. The fourth-order valence-electron chi connectivity index (χ4n) is 3.82. The summed E-state index contributed by atoms with van der Waals surface area (Å²) in [5.74, 6) is 0.558. The first-order valence-corrected chi connectivity index (χ1v) is 9.76. The van der Waals surface area contributed by atoms with Gasteiger partial charge in [-0.1, -0.05) is 24.6 Å². The molecule has 0 bridgehead atoms. The van der Waals surface area contributed by atoms with Crippen LogP contribution in [0.1, 0.15) is 72.4 Å². The zero-order valence-corrected chi connectivity index (χ0v) is 15.1. The van der Waals surface area contributed by atoms with Crippen LogP contribution in [0.2, 0.25) is 0 Å². The van der Waals surface area contributed by atoms with Gasteiger partial charge in [0.05, 0.1) is 11.8 Å². The van der Waals surface area contributed by atoms with Gasteiger partial charge in [-0.15, -0.1) is 5.10 Å². The largest absolute Gasteiger partial charge is 0.345 e. The van der Waals surface area contributed by atoms with Crippen LogP contribution in [-0.2, 0) is 0 Å². The van der Waals surface area contributed by atoms with Crippen LogP contribution in [0.25, 0.3) is 0 Å². The second-order valence-electron chi connectivity index (χ2n) is 6.94. The van der Waals surface area contributed by atoms with Crippen LogP contribution in [0.3, 0.4) is 0 Å². The molecule has 0 unspecified atom stereocenters. The Balaban J connectivity index is 1.46. The predicted molar refractivity (Wildman–Crippen MR) is 92.6 cm³/mol. The Bertz CT molecular complexity index is 755. The quantitative estimate of drug-likeness (QED) is 0.592. The summed E-state index contributed by atoms with van der Waals surface area (Å²) in [4.78, 5) is 12.7. The van der Waals surface area contributed by atoms with Crippen molar-refractivity contribution in [1.29, 1.82) is 0 Å². The van der Waals surface area contributed by atoms with Crippen molar-refractivity contribution < 1.29 is 4.79 Å². The summed E-state index contributed by atoms with van der Waals surface area (Å²) in [5, 5.41) is 12.8. The van der Waals surface area contributed by atoms with Crippen molar-refractivity contribution in [2.75, 3.05) is 5.75 Å². The van der Waals surface area contributed by atoms with E-state index in [0.29, 0.717) is 17.8 Å². The zero-order chi connectivity index (χ0) is 16.7. The van der Waals surface area contributed by atoms with Gasteiger partial charge in [0, 0.05) is 23.0 Å². The van der Waals surface area contributed by atoms with E-state index in [4.69, 9.17) is 0 Å². The molecule has 7 heteroatoms. The average Bonchev–Trinajstić information content (AvgIpc) is 3.00. The van der Waals surface area contributed by atoms with E-state index in [9.17, 15) is 4.79 Å². The molecule has 0 atom stereocenters. The number of carbonyl (C=O) groups excluding carboxylic acids is 1. The fourth-order valence-corrected chi connectivity index (χ4v) is 4.65. The number of ketones is 1. The van der Waals surface area contributed by atoms with Crippen LogP contribution in [0, 0.1) is 13.8 Å². The molecule has 6 nitrogen and oxygen atoms in total. The van der Waals surface area contributed by atoms with Gasteiger partial charge in [-0.3, -0.25) is 4.79 Å². The second kappa shape index (κ2) is 6.35. The van der Waals surface area contributed by atoms with Gasteiger partial charge in [0.1, 0.15) is 0 Å². The number of tetrazole rings is 1. The van der Waals surface area contributed by atoms with Crippen LogP contribution in [0.15, 0.2) is 11.2 Å². The lowest BCUT2D eigenvalue weighted by Gasteiger charge is -2.10. The number of aryl methyl sites for hydroxylation is 1. The van der Waals surface area contributed by atoms with E-state index in [1.54, 1.807) is 0 Å². The van der Waals surface area contributed by atoms with Crippen LogP contribution in [0.5, 0.6) is 0 Å². The third-order valence-corrected chi connectivity index (χ3v) is 6.10. The number of aromatic nitrogens is 5. The molecule has 128 valence electrons. The maximum absolute atomic E-state index is 12.7. The number of thioether (sulfide) groups is 1. The molecule has 2 aromatic rings. The van der Waals surface area contributed by atoms with Gasteiger partial charge < -0.3 is 4.57 Å². The van der Waals surface area contributed by atoms with E-state index in [0.717, 1.165) is 29.3 Å². The monoisotopic (exact) mass is 345 g/mol. The normalized spacial score (nSPS) is 18.4. The van der Waals surface area contributed by atoms with E-state index in [2.05, 4.69) is 33.9 Å². The van der Waals surface area contributed by atoms with Crippen LogP contribution in [0.4, 0.5) is 0 Å². The Morgan fingerprint density at radius 3 is 2.67 bits per heavy atom. The highest BCUT2D eigenvalue weighted by Gasteiger charge is 2.28. The van der Waals surface area contributed by atoms with Crippen LogP contribution < -0.4 is 0 Å². The van der Waals surface area contributed by atoms with E-state index in [1.165, 1.54) is 43.1 Å². The Morgan fingerprint density at radius 1 is 1.21 bits per heavy atom. The maximum atomic E-state index is 12.7. The third-order valence-electron chi connectivity index (χ3n) is 5.16. The Labute approximate surface area is 146 Å². The topological polar surface area (TPSA) is 65.6 Å². The molecule has 2 fully saturated rings.